The Labute approximate surface area is 171 Å². The number of hydrogen-bond acceptors (Lipinski definition) is 4. The summed E-state index contributed by atoms with van der Waals surface area (Å²) >= 11 is 1.22. The smallest absolute Gasteiger partial charge is 0.290 e. The Morgan fingerprint density at radius 2 is 1.76 bits per heavy atom. The molecule has 0 radical (unpaired) electrons. The Morgan fingerprint density at radius 1 is 1.03 bits per heavy atom. The van der Waals surface area contributed by atoms with Crippen LogP contribution >= 0.6 is 11.3 Å². The lowest BCUT2D eigenvalue weighted by Gasteiger charge is -2.27. The molecule has 3 aromatic rings. The number of halogens is 1. The van der Waals surface area contributed by atoms with E-state index in [1.165, 1.54) is 22.3 Å². The van der Waals surface area contributed by atoms with Gasteiger partial charge in [-0.25, -0.2) is 4.39 Å². The topological polar surface area (TPSA) is 57.6 Å². The number of rotatable bonds is 6. The van der Waals surface area contributed by atoms with E-state index in [-0.39, 0.29) is 17.7 Å². The molecule has 146 valence electrons. The molecule has 0 spiro atoms. The molecule has 4 rings (SSSR count). The lowest BCUT2D eigenvalue weighted by molar-refractivity contribution is -0.129. The monoisotopic (exact) mass is 407 g/mol. The molecule has 29 heavy (non-hydrogen) atoms. The summed E-state index contributed by atoms with van der Waals surface area (Å²) in [6, 6.07) is 18.0. The minimum atomic E-state index is -0.970. The second-order valence-corrected chi connectivity index (χ2v) is 7.67. The molecule has 1 aliphatic rings. The molecule has 1 aliphatic heterocycles. The van der Waals surface area contributed by atoms with Gasteiger partial charge in [0.15, 0.2) is 5.76 Å². The van der Waals surface area contributed by atoms with Gasteiger partial charge in [-0.1, -0.05) is 54.6 Å². The Bertz CT molecular complexity index is 1080. The number of carbonyl (C=O) groups is 2. The average molecular weight is 407 g/mol. The molecule has 2 aromatic carbocycles. The number of ketones is 1. The lowest BCUT2D eigenvalue weighted by Crippen LogP contribution is -2.33. The van der Waals surface area contributed by atoms with E-state index in [1.54, 1.807) is 35.7 Å². The van der Waals surface area contributed by atoms with Gasteiger partial charge in [0, 0.05) is 12.1 Å². The minimum Gasteiger partial charge on any atom is -0.503 e. The molecule has 0 fully saturated rings. The average Bonchev–Trinajstić information content (AvgIpc) is 3.35. The zero-order valence-corrected chi connectivity index (χ0v) is 16.2. The van der Waals surface area contributed by atoms with Crippen molar-refractivity contribution in [1.82, 2.24) is 4.90 Å². The van der Waals surface area contributed by atoms with Gasteiger partial charge in [0.25, 0.3) is 5.91 Å². The van der Waals surface area contributed by atoms with Gasteiger partial charge in [0.1, 0.15) is 5.82 Å². The predicted octanol–water partition coefficient (Wildman–Crippen LogP) is 4.71. The summed E-state index contributed by atoms with van der Waals surface area (Å²) in [6.45, 7) is 0.243. The third kappa shape index (κ3) is 3.59. The van der Waals surface area contributed by atoms with Crippen molar-refractivity contribution in [3.05, 3.63) is 105 Å². The quantitative estimate of drug-likeness (QED) is 0.602. The Kier molecular flexibility index (Phi) is 5.27. The zero-order chi connectivity index (χ0) is 20.4. The van der Waals surface area contributed by atoms with Crippen molar-refractivity contribution in [2.24, 2.45) is 0 Å². The van der Waals surface area contributed by atoms with Gasteiger partial charge in [0.2, 0.25) is 5.78 Å². The van der Waals surface area contributed by atoms with Crippen LogP contribution in [0.25, 0.3) is 0 Å². The van der Waals surface area contributed by atoms with Crippen LogP contribution < -0.4 is 0 Å². The molecule has 1 atom stereocenters. The van der Waals surface area contributed by atoms with Gasteiger partial charge in [-0.2, -0.15) is 0 Å². The van der Waals surface area contributed by atoms with Crippen LogP contribution in [0.1, 0.15) is 26.8 Å². The number of hydrogen-bond donors (Lipinski definition) is 1. The fourth-order valence-electron chi connectivity index (χ4n) is 3.57. The van der Waals surface area contributed by atoms with E-state index in [4.69, 9.17) is 0 Å². The second-order valence-electron chi connectivity index (χ2n) is 6.73. The van der Waals surface area contributed by atoms with Gasteiger partial charge in [-0.05, 0) is 29.5 Å². The summed E-state index contributed by atoms with van der Waals surface area (Å²) in [5.74, 6) is -2.25. The van der Waals surface area contributed by atoms with E-state index in [1.807, 2.05) is 30.3 Å². The molecule has 0 aliphatic carbocycles. The number of thiophene rings is 1. The number of aliphatic hydroxyl groups is 1. The number of aliphatic hydroxyl groups excluding tert-OH is 1. The van der Waals surface area contributed by atoms with Crippen molar-refractivity contribution >= 4 is 23.0 Å². The highest BCUT2D eigenvalue weighted by Crippen LogP contribution is 2.40. The van der Waals surface area contributed by atoms with E-state index < -0.39 is 29.3 Å². The Hall–Kier alpha value is -3.25. The van der Waals surface area contributed by atoms with Crippen molar-refractivity contribution in [1.29, 1.82) is 0 Å². The van der Waals surface area contributed by atoms with Crippen LogP contribution in [0.5, 0.6) is 0 Å². The molecule has 0 unspecified atom stereocenters. The van der Waals surface area contributed by atoms with E-state index in [9.17, 15) is 19.1 Å². The Morgan fingerprint density at radius 3 is 2.45 bits per heavy atom. The lowest BCUT2D eigenvalue weighted by atomic mass is 9.95. The highest BCUT2D eigenvalue weighted by atomic mass is 32.1. The SMILES string of the molecule is O=C(C1=C(O)C(=O)N(CCc2ccccc2)[C@@H]1c1ccccc1F)c1cccs1. The maximum atomic E-state index is 14.7. The highest BCUT2D eigenvalue weighted by molar-refractivity contribution is 7.12. The van der Waals surface area contributed by atoms with Crippen molar-refractivity contribution in [3.63, 3.8) is 0 Å². The van der Waals surface area contributed by atoms with Crippen LogP contribution in [0.3, 0.4) is 0 Å². The van der Waals surface area contributed by atoms with Crippen molar-refractivity contribution in [2.45, 2.75) is 12.5 Å². The molecule has 1 amide bonds. The normalized spacial score (nSPS) is 16.5. The molecule has 0 bridgehead atoms. The van der Waals surface area contributed by atoms with Crippen LogP contribution in [0.4, 0.5) is 4.39 Å². The molecule has 1 N–H and O–H groups in total. The number of Topliss-reactive ketones (excluding diaryl/α,β-unsaturated/α-hetero) is 1. The fraction of sp³-hybridized carbons (Fsp3) is 0.130. The van der Waals surface area contributed by atoms with Gasteiger partial charge >= 0.3 is 0 Å². The zero-order valence-electron chi connectivity index (χ0n) is 15.4. The van der Waals surface area contributed by atoms with Crippen LogP contribution in [-0.2, 0) is 11.2 Å². The predicted molar refractivity (Wildman–Crippen MR) is 109 cm³/mol. The first-order valence-corrected chi connectivity index (χ1v) is 10.1. The standard InChI is InChI=1S/C23H18FNO3S/c24-17-10-5-4-9-16(17)20-19(21(26)18-11-6-14-29-18)22(27)23(28)25(20)13-12-15-7-2-1-3-8-15/h1-11,14,20,27H,12-13H2/t20-/m1/s1. The molecular weight excluding hydrogens is 389 g/mol. The molecule has 0 saturated heterocycles. The number of carbonyl (C=O) groups excluding carboxylic acids is 2. The first-order chi connectivity index (χ1) is 14.1. The van der Waals surface area contributed by atoms with Crippen molar-refractivity contribution < 1.29 is 19.1 Å². The molecule has 1 aromatic heterocycles. The molecular formula is C23H18FNO3S. The molecule has 0 saturated carbocycles. The third-order valence-corrected chi connectivity index (χ3v) is 5.85. The van der Waals surface area contributed by atoms with Crippen LogP contribution in [0.15, 0.2) is 83.4 Å². The van der Waals surface area contributed by atoms with Crippen molar-refractivity contribution in [2.75, 3.05) is 6.54 Å². The number of amides is 1. The summed E-state index contributed by atoms with van der Waals surface area (Å²) in [4.78, 5) is 27.7. The van der Waals surface area contributed by atoms with Crippen LogP contribution in [0.2, 0.25) is 0 Å². The molecule has 4 nitrogen and oxygen atoms in total. The second kappa shape index (κ2) is 8.01. The summed E-state index contributed by atoms with van der Waals surface area (Å²) < 4.78 is 14.7. The van der Waals surface area contributed by atoms with Crippen molar-refractivity contribution in [3.8, 4) is 0 Å². The third-order valence-electron chi connectivity index (χ3n) is 4.98. The van der Waals surface area contributed by atoms with E-state index in [2.05, 4.69) is 0 Å². The first kappa shape index (κ1) is 19.1. The maximum Gasteiger partial charge on any atom is 0.290 e. The summed E-state index contributed by atoms with van der Waals surface area (Å²) in [5, 5.41) is 12.3. The van der Waals surface area contributed by atoms with Gasteiger partial charge in [0.05, 0.1) is 16.5 Å². The van der Waals surface area contributed by atoms with Gasteiger partial charge < -0.3 is 10.0 Å². The van der Waals surface area contributed by atoms with Crippen LogP contribution in [0, 0.1) is 5.82 Å². The summed E-state index contributed by atoms with van der Waals surface area (Å²) in [6.07, 6.45) is 0.519. The minimum absolute atomic E-state index is 0.0735. The highest BCUT2D eigenvalue weighted by Gasteiger charge is 2.44. The first-order valence-electron chi connectivity index (χ1n) is 9.18. The van der Waals surface area contributed by atoms with Crippen LogP contribution in [-0.4, -0.2) is 28.2 Å². The van der Waals surface area contributed by atoms with E-state index in [0.29, 0.717) is 11.3 Å². The van der Waals surface area contributed by atoms with Gasteiger partial charge in [-0.15, -0.1) is 11.3 Å². The molecule has 2 heterocycles. The largest absolute Gasteiger partial charge is 0.503 e. The van der Waals surface area contributed by atoms with E-state index in [0.717, 1.165) is 5.56 Å². The summed E-state index contributed by atoms with van der Waals surface area (Å²) in [5.41, 5.74) is 1.12. The molecule has 6 heteroatoms. The number of nitrogens with zero attached hydrogens (tertiary/aromatic N) is 1. The summed E-state index contributed by atoms with van der Waals surface area (Å²) in [7, 11) is 0. The maximum absolute atomic E-state index is 14.7. The van der Waals surface area contributed by atoms with E-state index >= 15 is 0 Å². The fourth-order valence-corrected chi connectivity index (χ4v) is 4.25. The Balaban J connectivity index is 1.74. The number of benzene rings is 2. The van der Waals surface area contributed by atoms with Gasteiger partial charge in [-0.3, -0.25) is 9.59 Å².